The van der Waals surface area contributed by atoms with E-state index < -0.39 is 11.7 Å². The van der Waals surface area contributed by atoms with E-state index in [2.05, 4.69) is 15.3 Å². The van der Waals surface area contributed by atoms with E-state index in [1.54, 1.807) is 22.2 Å². The van der Waals surface area contributed by atoms with Crippen LogP contribution in [0.2, 0.25) is 0 Å². The van der Waals surface area contributed by atoms with Crippen LogP contribution in [0, 0.1) is 12.7 Å². The molecule has 0 bridgehead atoms. The van der Waals surface area contributed by atoms with Crippen molar-refractivity contribution in [3.63, 3.8) is 0 Å². The zero-order chi connectivity index (χ0) is 21.1. The average Bonchev–Trinajstić information content (AvgIpc) is 3.19. The van der Waals surface area contributed by atoms with E-state index in [-0.39, 0.29) is 11.1 Å². The van der Waals surface area contributed by atoms with Crippen LogP contribution in [0.3, 0.4) is 0 Å². The fraction of sp³-hybridized carbons (Fsp3) is 0.0909. The second kappa shape index (κ2) is 8.38. The lowest BCUT2D eigenvalue weighted by Gasteiger charge is -2.07. The molecule has 30 heavy (non-hydrogen) atoms. The molecular weight excluding hydrogens is 403 g/mol. The Bertz CT molecular complexity index is 1260. The van der Waals surface area contributed by atoms with E-state index in [0.29, 0.717) is 23.1 Å². The molecular formula is C22H17FN4O2S. The average molecular weight is 420 g/mol. The molecule has 0 aliphatic heterocycles. The third-order valence-electron chi connectivity index (χ3n) is 4.44. The quantitative estimate of drug-likeness (QED) is 0.527. The minimum Gasteiger partial charge on any atom is -0.311 e. The van der Waals surface area contributed by atoms with Crippen LogP contribution in [0.4, 0.5) is 9.52 Å². The molecule has 3 heterocycles. The summed E-state index contributed by atoms with van der Waals surface area (Å²) in [4.78, 5) is 33.3. The van der Waals surface area contributed by atoms with Crippen molar-refractivity contribution in [3.8, 4) is 11.4 Å². The molecule has 6 nitrogen and oxygen atoms in total. The number of amides is 1. The zero-order valence-electron chi connectivity index (χ0n) is 16.0. The number of aryl methyl sites for hydroxylation is 1. The van der Waals surface area contributed by atoms with Gasteiger partial charge in [-0.15, -0.1) is 11.3 Å². The maximum Gasteiger partial charge on any atom is 0.257 e. The summed E-state index contributed by atoms with van der Waals surface area (Å²) in [5.41, 5.74) is 2.96. The monoisotopic (exact) mass is 420 g/mol. The topological polar surface area (TPSA) is 76.9 Å². The second-order valence-corrected chi connectivity index (χ2v) is 7.58. The normalized spacial score (nSPS) is 10.7. The Morgan fingerprint density at radius 3 is 2.67 bits per heavy atom. The fourth-order valence-corrected chi connectivity index (χ4v) is 3.53. The maximum absolute atomic E-state index is 13.4. The van der Waals surface area contributed by atoms with E-state index >= 15 is 0 Å². The van der Waals surface area contributed by atoms with Crippen molar-refractivity contribution in [3.05, 3.63) is 99.2 Å². The summed E-state index contributed by atoms with van der Waals surface area (Å²) in [5.74, 6) is -0.854. The molecule has 1 aromatic carbocycles. The molecule has 0 radical (unpaired) electrons. The second-order valence-electron chi connectivity index (χ2n) is 6.72. The summed E-state index contributed by atoms with van der Waals surface area (Å²) < 4.78 is 14.9. The van der Waals surface area contributed by atoms with E-state index in [1.807, 2.05) is 31.2 Å². The minimum absolute atomic E-state index is 0.237. The van der Waals surface area contributed by atoms with Crippen molar-refractivity contribution in [1.82, 2.24) is 14.5 Å². The highest BCUT2D eigenvalue weighted by atomic mass is 32.1. The number of rotatable bonds is 5. The summed E-state index contributed by atoms with van der Waals surface area (Å²) >= 11 is 1.19. The van der Waals surface area contributed by atoms with E-state index in [9.17, 15) is 14.0 Å². The molecule has 1 N–H and O–H groups in total. The standard InChI is InChI=1S/C22H17FN4O2S/c1-14-2-4-15(5-3-14)12-27-9-7-16(10-20(27)28)21(29)26-22-25-19(13-30-22)18-11-17(23)6-8-24-18/h2-11,13H,12H2,1H3,(H,25,26,29). The molecule has 0 unspecified atom stereocenters. The highest BCUT2D eigenvalue weighted by Gasteiger charge is 2.12. The molecule has 0 atom stereocenters. The van der Waals surface area contributed by atoms with Crippen molar-refractivity contribution < 1.29 is 9.18 Å². The van der Waals surface area contributed by atoms with Crippen molar-refractivity contribution in [2.75, 3.05) is 5.32 Å². The molecule has 1 amide bonds. The molecule has 0 aliphatic rings. The smallest absolute Gasteiger partial charge is 0.257 e. The molecule has 8 heteroatoms. The first-order chi connectivity index (χ1) is 14.5. The first kappa shape index (κ1) is 19.7. The number of hydrogen-bond donors (Lipinski definition) is 1. The van der Waals surface area contributed by atoms with E-state index in [1.165, 1.54) is 35.7 Å². The Balaban J connectivity index is 1.47. The number of benzene rings is 1. The number of nitrogens with zero attached hydrogens (tertiary/aromatic N) is 3. The van der Waals surface area contributed by atoms with Crippen LogP contribution in [-0.2, 0) is 6.54 Å². The molecule has 3 aromatic heterocycles. The Kier molecular flexibility index (Phi) is 5.49. The van der Waals surface area contributed by atoms with Gasteiger partial charge in [-0.05, 0) is 24.6 Å². The zero-order valence-corrected chi connectivity index (χ0v) is 16.8. The first-order valence-corrected chi connectivity index (χ1v) is 10.0. The Hall–Kier alpha value is -3.65. The third-order valence-corrected chi connectivity index (χ3v) is 5.20. The lowest BCUT2D eigenvalue weighted by atomic mass is 10.1. The minimum atomic E-state index is -0.442. The summed E-state index contributed by atoms with van der Waals surface area (Å²) in [6.45, 7) is 2.43. The van der Waals surface area contributed by atoms with Crippen LogP contribution in [-0.4, -0.2) is 20.4 Å². The van der Waals surface area contributed by atoms with Gasteiger partial charge in [-0.2, -0.15) is 0 Å². The van der Waals surface area contributed by atoms with Gasteiger partial charge in [-0.25, -0.2) is 9.37 Å². The molecule has 4 aromatic rings. The van der Waals surface area contributed by atoms with Gasteiger partial charge in [-0.3, -0.25) is 19.9 Å². The molecule has 0 spiro atoms. The number of halogens is 1. The Morgan fingerprint density at radius 2 is 1.93 bits per heavy atom. The highest BCUT2D eigenvalue weighted by molar-refractivity contribution is 7.14. The Morgan fingerprint density at radius 1 is 1.13 bits per heavy atom. The molecule has 0 aliphatic carbocycles. The van der Waals surface area contributed by atoms with Gasteiger partial charge in [0.2, 0.25) is 0 Å². The number of carbonyl (C=O) groups excluding carboxylic acids is 1. The lowest BCUT2D eigenvalue weighted by molar-refractivity contribution is 0.102. The SMILES string of the molecule is Cc1ccc(Cn2ccc(C(=O)Nc3nc(-c4cc(F)ccn4)cs3)cc2=O)cc1. The number of aromatic nitrogens is 3. The molecule has 0 saturated heterocycles. The number of nitrogens with one attached hydrogen (secondary N) is 1. The van der Waals surface area contributed by atoms with E-state index in [0.717, 1.165) is 11.1 Å². The van der Waals surface area contributed by atoms with Crippen molar-refractivity contribution >= 4 is 22.4 Å². The number of hydrogen-bond acceptors (Lipinski definition) is 5. The third kappa shape index (κ3) is 4.49. The number of anilines is 1. The van der Waals surface area contributed by atoms with Gasteiger partial charge in [-0.1, -0.05) is 29.8 Å². The predicted molar refractivity (Wildman–Crippen MR) is 114 cm³/mol. The lowest BCUT2D eigenvalue weighted by Crippen LogP contribution is -2.22. The van der Waals surface area contributed by atoms with Gasteiger partial charge in [0.15, 0.2) is 5.13 Å². The summed E-state index contributed by atoms with van der Waals surface area (Å²) in [6.07, 6.45) is 2.95. The number of thiazole rings is 1. The van der Waals surface area contributed by atoms with Gasteiger partial charge >= 0.3 is 0 Å². The summed E-state index contributed by atoms with van der Waals surface area (Å²) in [7, 11) is 0. The molecule has 4 rings (SSSR count). The molecule has 150 valence electrons. The summed E-state index contributed by atoms with van der Waals surface area (Å²) in [6, 6.07) is 13.3. The van der Waals surface area contributed by atoms with Crippen molar-refractivity contribution in [2.24, 2.45) is 0 Å². The van der Waals surface area contributed by atoms with Crippen molar-refractivity contribution in [1.29, 1.82) is 0 Å². The van der Waals surface area contributed by atoms with Crippen LogP contribution in [0.5, 0.6) is 0 Å². The Labute approximate surface area is 175 Å². The van der Waals surface area contributed by atoms with Gasteiger partial charge in [0, 0.05) is 35.5 Å². The maximum atomic E-state index is 13.4. The summed E-state index contributed by atoms with van der Waals surface area (Å²) in [5, 5.41) is 4.68. The first-order valence-electron chi connectivity index (χ1n) is 9.13. The number of carbonyl (C=O) groups is 1. The van der Waals surface area contributed by atoms with Crippen LogP contribution in [0.25, 0.3) is 11.4 Å². The van der Waals surface area contributed by atoms with E-state index in [4.69, 9.17) is 0 Å². The van der Waals surface area contributed by atoms with Gasteiger partial charge in [0.25, 0.3) is 11.5 Å². The van der Waals surface area contributed by atoms with Crippen LogP contribution in [0.1, 0.15) is 21.5 Å². The van der Waals surface area contributed by atoms with Crippen LogP contribution in [0.15, 0.2) is 71.1 Å². The molecule has 0 fully saturated rings. The molecule has 0 saturated carbocycles. The van der Waals surface area contributed by atoms with Crippen LogP contribution < -0.4 is 10.9 Å². The predicted octanol–water partition coefficient (Wildman–Crippen LogP) is 4.11. The van der Waals surface area contributed by atoms with Crippen molar-refractivity contribution in [2.45, 2.75) is 13.5 Å². The van der Waals surface area contributed by atoms with Gasteiger partial charge in [0.05, 0.1) is 12.2 Å². The van der Waals surface area contributed by atoms with Crippen LogP contribution >= 0.6 is 11.3 Å². The van der Waals surface area contributed by atoms with Gasteiger partial charge in [0.1, 0.15) is 11.5 Å². The number of pyridine rings is 2. The highest BCUT2D eigenvalue weighted by Crippen LogP contribution is 2.24. The van der Waals surface area contributed by atoms with Gasteiger partial charge < -0.3 is 4.57 Å². The fourth-order valence-electron chi connectivity index (χ4n) is 2.83. The largest absolute Gasteiger partial charge is 0.311 e.